The lowest BCUT2D eigenvalue weighted by molar-refractivity contribution is -0.789. The number of aromatic nitrogens is 5. The van der Waals surface area contributed by atoms with Crippen molar-refractivity contribution in [2.45, 2.75) is 117 Å². The van der Waals surface area contributed by atoms with Crippen LogP contribution in [-0.2, 0) is 0 Å². The highest BCUT2D eigenvalue weighted by atomic mass is 15.5. The van der Waals surface area contributed by atoms with Gasteiger partial charge in [0.2, 0.25) is 0 Å². The molecule has 0 fully saturated rings. The van der Waals surface area contributed by atoms with Gasteiger partial charge in [0.15, 0.2) is 0 Å². The summed E-state index contributed by atoms with van der Waals surface area (Å²) in [4.78, 5) is 9.98. The SMILES string of the molecule is CC(N=C(Nc1cccc(-n2c(C)c(C)c(C)c2C)c1)c1ccccc1C)=[N+](C)C.Cc1ccc(-c2nc(C)[n+](C(C)C)n2-c2cc(-n3c(C)c(C)c(C)c3C)ccc2C)c(C)c1. The van der Waals surface area contributed by atoms with Crippen molar-refractivity contribution in [3.8, 4) is 28.5 Å². The van der Waals surface area contributed by atoms with Crippen LogP contribution < -0.4 is 10.00 Å². The topological polar surface area (TPSA) is 59.0 Å². The molecule has 7 aromatic rings. The minimum absolute atomic E-state index is 0.277. The highest BCUT2D eigenvalue weighted by Gasteiger charge is 2.29. The third kappa shape index (κ3) is 9.13. The zero-order chi connectivity index (χ0) is 46.2. The largest absolute Gasteiger partial charge is 0.319 e. The first-order valence-electron chi connectivity index (χ1n) is 22.3. The summed E-state index contributed by atoms with van der Waals surface area (Å²) < 4.78 is 11.4. The summed E-state index contributed by atoms with van der Waals surface area (Å²) in [7, 11) is 4.02. The monoisotopic (exact) mass is 843 g/mol. The lowest BCUT2D eigenvalue weighted by atomic mass is 10.0. The first-order valence-corrected chi connectivity index (χ1v) is 22.3. The highest BCUT2D eigenvalue weighted by molar-refractivity contribution is 6.13. The van der Waals surface area contributed by atoms with E-state index in [1.54, 1.807) is 0 Å². The first-order chi connectivity index (χ1) is 29.7. The van der Waals surface area contributed by atoms with Crippen LogP contribution in [0.5, 0.6) is 0 Å². The van der Waals surface area contributed by atoms with E-state index in [2.05, 4.69) is 213 Å². The molecule has 7 rings (SSSR count). The summed E-state index contributed by atoms with van der Waals surface area (Å²) in [5, 5.41) is 3.58. The number of hydrogen-bond acceptors (Lipinski definition) is 1. The predicted octanol–water partition coefficient (Wildman–Crippen LogP) is 12.2. The number of benzene rings is 4. The third-order valence-electron chi connectivity index (χ3n) is 13.1. The quantitative estimate of drug-likeness (QED) is 0.0987. The normalized spacial score (nSPS) is 11.6. The molecule has 8 nitrogen and oxygen atoms in total. The molecule has 0 unspecified atom stereocenters. The molecule has 4 aromatic carbocycles. The minimum atomic E-state index is 0.277. The van der Waals surface area contributed by atoms with Gasteiger partial charge in [0.1, 0.15) is 6.04 Å². The Morgan fingerprint density at radius 3 is 1.73 bits per heavy atom. The van der Waals surface area contributed by atoms with E-state index in [9.17, 15) is 0 Å². The Morgan fingerprint density at radius 1 is 0.619 bits per heavy atom. The zero-order valence-electron chi connectivity index (χ0n) is 41.3. The number of aliphatic imine (C=N–C) groups is 1. The van der Waals surface area contributed by atoms with Gasteiger partial charge in [-0.15, -0.1) is 9.36 Å². The predicted molar refractivity (Wildman–Crippen MR) is 266 cm³/mol. The average molecular weight is 843 g/mol. The van der Waals surface area contributed by atoms with E-state index >= 15 is 0 Å². The summed E-state index contributed by atoms with van der Waals surface area (Å²) in [5.41, 5.74) is 22.3. The lowest BCUT2D eigenvalue weighted by Gasteiger charge is -2.17. The standard InChI is InChI=1S/C29H37N4.C26H32N4/c1-17(2)32-25(10)30-29(27-14-11-18(3)15-20(27)5)33(32)28-16-26(13-12-19(28)4)31-23(8)21(6)22(7)24(31)9;1-17-12-9-10-15-25(17)26(27-22(6)29(7)8)28-23-13-11-14-24(16-23)30-20(4)18(2)19(3)21(30)5/h11-17H,1-10H3;9-16H,1-8H3/q+1;/p+1. The van der Waals surface area contributed by atoms with Gasteiger partial charge in [-0.05, 0) is 188 Å². The van der Waals surface area contributed by atoms with Gasteiger partial charge < -0.3 is 14.5 Å². The Bertz CT molecular complexity index is 2850. The Kier molecular flexibility index (Phi) is 13.6. The van der Waals surface area contributed by atoms with Gasteiger partial charge in [-0.1, -0.05) is 48.0 Å². The summed E-state index contributed by atoms with van der Waals surface area (Å²) in [6.45, 7) is 34.8. The smallest absolute Gasteiger partial charge is 0.317 e. The maximum atomic E-state index is 5.08. The second kappa shape index (κ2) is 18.6. The van der Waals surface area contributed by atoms with E-state index in [1.807, 2.05) is 25.6 Å². The lowest BCUT2D eigenvalue weighted by Crippen LogP contribution is -2.47. The number of aryl methyl sites for hydroxylation is 5. The van der Waals surface area contributed by atoms with Crippen LogP contribution in [-0.4, -0.2) is 49.1 Å². The van der Waals surface area contributed by atoms with Crippen LogP contribution in [0.1, 0.15) is 105 Å². The van der Waals surface area contributed by atoms with Crippen molar-refractivity contribution in [3.05, 3.63) is 164 Å². The van der Waals surface area contributed by atoms with Crippen molar-refractivity contribution >= 4 is 17.4 Å². The molecule has 1 N–H and O–H groups in total. The Morgan fingerprint density at radius 2 is 1.19 bits per heavy atom. The van der Waals surface area contributed by atoms with E-state index in [0.29, 0.717) is 0 Å². The van der Waals surface area contributed by atoms with Gasteiger partial charge in [0, 0.05) is 59.2 Å². The molecule has 0 aliphatic carbocycles. The molecule has 3 aromatic heterocycles. The van der Waals surface area contributed by atoms with E-state index in [-0.39, 0.29) is 6.04 Å². The maximum Gasteiger partial charge on any atom is 0.317 e. The third-order valence-corrected chi connectivity index (χ3v) is 13.1. The second-order valence-electron chi connectivity index (χ2n) is 17.9. The van der Waals surface area contributed by atoms with Crippen molar-refractivity contribution in [2.24, 2.45) is 4.99 Å². The molecular weight excluding hydrogens is 773 g/mol. The summed E-state index contributed by atoms with van der Waals surface area (Å²) in [6.07, 6.45) is 0. The van der Waals surface area contributed by atoms with Crippen molar-refractivity contribution < 1.29 is 9.26 Å². The molecule has 0 atom stereocenters. The Balaban J connectivity index is 0.000000211. The van der Waals surface area contributed by atoms with Crippen LogP contribution in [0.25, 0.3) is 28.5 Å². The number of anilines is 1. The molecule has 0 spiro atoms. The second-order valence-corrected chi connectivity index (χ2v) is 17.9. The molecule has 0 bridgehead atoms. The molecule has 0 aliphatic rings. The number of amidine groups is 2. The molecule has 0 amide bonds. The van der Waals surface area contributed by atoms with Crippen LogP contribution >= 0.6 is 0 Å². The minimum Gasteiger partial charge on any atom is -0.319 e. The van der Waals surface area contributed by atoms with Crippen molar-refractivity contribution in [2.75, 3.05) is 19.4 Å². The van der Waals surface area contributed by atoms with Crippen LogP contribution in [0, 0.1) is 90.0 Å². The van der Waals surface area contributed by atoms with Crippen molar-refractivity contribution in [3.63, 3.8) is 0 Å². The molecule has 3 heterocycles. The van der Waals surface area contributed by atoms with Gasteiger partial charge >= 0.3 is 5.82 Å². The number of nitrogens with zero attached hydrogens (tertiary/aromatic N) is 7. The molecular formula is C55H70N8+2. The van der Waals surface area contributed by atoms with E-state index < -0.39 is 0 Å². The van der Waals surface area contributed by atoms with E-state index in [1.165, 1.54) is 84.2 Å². The van der Waals surface area contributed by atoms with Gasteiger partial charge in [-0.3, -0.25) is 4.58 Å². The highest BCUT2D eigenvalue weighted by Crippen LogP contribution is 2.31. The van der Waals surface area contributed by atoms with Crippen LogP contribution in [0.15, 0.2) is 89.9 Å². The summed E-state index contributed by atoms with van der Waals surface area (Å²) >= 11 is 0. The number of nitrogens with one attached hydrogen (secondary N) is 1. The first kappa shape index (κ1) is 46.2. The fourth-order valence-electron chi connectivity index (χ4n) is 8.69. The number of rotatable bonds is 7. The number of hydrogen-bond donors (Lipinski definition) is 1. The van der Waals surface area contributed by atoms with Gasteiger partial charge in [-0.25, -0.2) is 0 Å². The van der Waals surface area contributed by atoms with Crippen LogP contribution in [0.4, 0.5) is 5.69 Å². The molecule has 8 heteroatoms. The van der Waals surface area contributed by atoms with E-state index in [0.717, 1.165) is 40.3 Å². The Labute approximate surface area is 377 Å². The maximum absolute atomic E-state index is 5.08. The van der Waals surface area contributed by atoms with Gasteiger partial charge in [-0.2, -0.15) is 0 Å². The fraction of sp³-hybridized carbons (Fsp3) is 0.345. The molecule has 0 aliphatic heterocycles. The average Bonchev–Trinajstić information content (AvgIpc) is 3.75. The van der Waals surface area contributed by atoms with Crippen molar-refractivity contribution in [1.82, 2.24) is 18.8 Å². The van der Waals surface area contributed by atoms with Crippen molar-refractivity contribution in [1.29, 1.82) is 0 Å². The molecule has 0 saturated heterocycles. The Hall–Kier alpha value is -6.28. The molecule has 63 heavy (non-hydrogen) atoms. The molecule has 328 valence electrons. The summed E-state index contributed by atoms with van der Waals surface area (Å²) in [6, 6.07) is 30.6. The van der Waals surface area contributed by atoms with E-state index in [4.69, 9.17) is 9.98 Å². The molecule has 0 saturated carbocycles. The van der Waals surface area contributed by atoms with Crippen LogP contribution in [0.3, 0.4) is 0 Å². The van der Waals surface area contributed by atoms with Gasteiger partial charge in [0.25, 0.3) is 17.5 Å². The van der Waals surface area contributed by atoms with Crippen LogP contribution in [0.2, 0.25) is 0 Å². The summed E-state index contributed by atoms with van der Waals surface area (Å²) in [5.74, 6) is 3.81. The fourth-order valence-corrected chi connectivity index (χ4v) is 8.69. The zero-order valence-corrected chi connectivity index (χ0v) is 41.3. The molecule has 0 radical (unpaired) electrons. The van der Waals surface area contributed by atoms with Gasteiger partial charge in [0.05, 0.1) is 25.3 Å².